The summed E-state index contributed by atoms with van der Waals surface area (Å²) in [5, 5.41) is 2.74. The van der Waals surface area contributed by atoms with E-state index in [0.29, 0.717) is 17.6 Å². The molecule has 0 atom stereocenters. The number of rotatable bonds is 7. The second kappa shape index (κ2) is 9.70. The summed E-state index contributed by atoms with van der Waals surface area (Å²) < 4.78 is 48.3. The third-order valence-electron chi connectivity index (χ3n) is 3.28. The van der Waals surface area contributed by atoms with Gasteiger partial charge in [0.05, 0.1) is 24.3 Å². The van der Waals surface area contributed by atoms with E-state index < -0.39 is 17.7 Å². The maximum Gasteiger partial charge on any atom is 0.417 e. The highest BCUT2D eigenvalue weighted by Crippen LogP contribution is 2.36. The Morgan fingerprint density at radius 1 is 1.32 bits per heavy atom. The molecule has 0 bridgehead atoms. The summed E-state index contributed by atoms with van der Waals surface area (Å²) in [6, 6.07) is 7.66. The van der Waals surface area contributed by atoms with E-state index >= 15 is 0 Å². The molecule has 0 aliphatic rings. The Balaban J connectivity index is 2.24. The lowest BCUT2D eigenvalue weighted by molar-refractivity contribution is -0.138. The van der Waals surface area contributed by atoms with Gasteiger partial charge in [-0.15, -0.1) is 0 Å². The van der Waals surface area contributed by atoms with Gasteiger partial charge in [0.1, 0.15) is 15.7 Å². The minimum absolute atomic E-state index is 0.0468. The molecule has 0 aliphatic carbocycles. The zero-order valence-corrected chi connectivity index (χ0v) is 16.4. The Morgan fingerprint density at radius 3 is 2.54 bits per heavy atom. The summed E-state index contributed by atoms with van der Waals surface area (Å²) in [7, 11) is 1.54. The van der Waals surface area contributed by atoms with Gasteiger partial charge >= 0.3 is 12.1 Å². The number of ether oxygens (including phenoxy) is 2. The molecule has 0 saturated carbocycles. The summed E-state index contributed by atoms with van der Waals surface area (Å²) in [5.74, 6) is 0.00142. The van der Waals surface area contributed by atoms with Gasteiger partial charge in [-0.25, -0.2) is 9.78 Å². The lowest BCUT2D eigenvalue weighted by Crippen LogP contribution is -2.08. The Morgan fingerprint density at radius 2 is 2.00 bits per heavy atom. The molecule has 0 unspecified atom stereocenters. The van der Waals surface area contributed by atoms with Crippen LogP contribution >= 0.6 is 23.4 Å². The summed E-state index contributed by atoms with van der Waals surface area (Å²) in [6.45, 7) is 1.77. The Hall–Kier alpha value is -2.39. The normalized spacial score (nSPS) is 11.9. The molecule has 0 amide bonds. The van der Waals surface area contributed by atoms with E-state index in [2.05, 4.69) is 10.3 Å². The van der Waals surface area contributed by atoms with E-state index in [9.17, 15) is 18.0 Å². The predicted octanol–water partition coefficient (Wildman–Crippen LogP) is 5.37. The van der Waals surface area contributed by atoms with E-state index in [0.717, 1.165) is 17.8 Å². The number of nitrogens with one attached hydrogen (secondary N) is 1. The number of alkyl halides is 3. The molecular formula is C18H16ClF3N2O3S. The van der Waals surface area contributed by atoms with Crippen LogP contribution in [0.5, 0.6) is 5.75 Å². The third kappa shape index (κ3) is 6.07. The van der Waals surface area contributed by atoms with Gasteiger partial charge in [-0.05, 0) is 37.3 Å². The van der Waals surface area contributed by atoms with E-state index in [-0.39, 0.29) is 21.6 Å². The number of carbonyl (C=O) groups excluding carboxylic acids is 1. The fourth-order valence-corrected chi connectivity index (χ4v) is 2.94. The molecule has 5 nitrogen and oxygen atoms in total. The van der Waals surface area contributed by atoms with Crippen LogP contribution in [0.1, 0.15) is 12.5 Å². The van der Waals surface area contributed by atoms with Crippen LogP contribution in [0.2, 0.25) is 5.02 Å². The van der Waals surface area contributed by atoms with Gasteiger partial charge in [-0.3, -0.25) is 0 Å². The highest BCUT2D eigenvalue weighted by molar-refractivity contribution is 8.04. The van der Waals surface area contributed by atoms with Crippen molar-refractivity contribution in [3.63, 3.8) is 0 Å². The monoisotopic (exact) mass is 432 g/mol. The largest absolute Gasteiger partial charge is 0.497 e. The summed E-state index contributed by atoms with van der Waals surface area (Å²) >= 11 is 6.71. The molecule has 0 saturated heterocycles. The second-order valence-corrected chi connectivity index (χ2v) is 6.65. The van der Waals surface area contributed by atoms with Gasteiger partial charge < -0.3 is 14.8 Å². The SMILES string of the molecule is CCOC(=O)C(=CNc1ccc(OC)cc1)Sc1ncc(C(F)(F)F)cc1Cl. The topological polar surface area (TPSA) is 60.5 Å². The molecule has 1 aromatic carbocycles. The highest BCUT2D eigenvalue weighted by Gasteiger charge is 2.31. The molecule has 1 N–H and O–H groups in total. The fourth-order valence-electron chi connectivity index (χ4n) is 1.93. The Labute approximate surface area is 168 Å². The Kier molecular flexibility index (Phi) is 7.59. The molecule has 1 heterocycles. The second-order valence-electron chi connectivity index (χ2n) is 5.21. The number of esters is 1. The maximum absolute atomic E-state index is 12.7. The minimum atomic E-state index is -4.56. The lowest BCUT2D eigenvalue weighted by Gasteiger charge is -2.11. The van der Waals surface area contributed by atoms with Gasteiger partial charge in [0.25, 0.3) is 0 Å². The van der Waals surface area contributed by atoms with Crippen molar-refractivity contribution in [3.8, 4) is 5.75 Å². The molecule has 150 valence electrons. The van der Waals surface area contributed by atoms with Crippen molar-refractivity contribution in [2.45, 2.75) is 18.1 Å². The quantitative estimate of drug-likeness (QED) is 0.360. The first kappa shape index (κ1) is 21.9. The number of hydrogen-bond acceptors (Lipinski definition) is 6. The number of carbonyl (C=O) groups is 1. The van der Waals surface area contributed by atoms with Crippen molar-refractivity contribution in [3.05, 3.63) is 58.2 Å². The molecule has 2 rings (SSSR count). The van der Waals surface area contributed by atoms with Crippen LogP contribution < -0.4 is 10.1 Å². The smallest absolute Gasteiger partial charge is 0.417 e. The van der Waals surface area contributed by atoms with E-state index in [4.69, 9.17) is 21.1 Å². The number of methoxy groups -OCH3 is 1. The average molecular weight is 433 g/mol. The van der Waals surface area contributed by atoms with Crippen LogP contribution in [0.25, 0.3) is 0 Å². The summed E-state index contributed by atoms with van der Waals surface area (Å²) in [5.41, 5.74) is -0.311. The van der Waals surface area contributed by atoms with Crippen LogP contribution in [0, 0.1) is 0 Å². The van der Waals surface area contributed by atoms with Crippen LogP contribution in [0.15, 0.2) is 52.7 Å². The van der Waals surface area contributed by atoms with E-state index in [1.807, 2.05) is 0 Å². The molecule has 0 spiro atoms. The molecule has 1 aromatic heterocycles. The van der Waals surface area contributed by atoms with Crippen LogP contribution in [-0.4, -0.2) is 24.7 Å². The maximum atomic E-state index is 12.7. The average Bonchev–Trinajstić information content (AvgIpc) is 2.66. The number of anilines is 1. The highest BCUT2D eigenvalue weighted by atomic mass is 35.5. The number of halogens is 4. The van der Waals surface area contributed by atoms with Gasteiger partial charge in [0, 0.05) is 18.1 Å². The zero-order chi connectivity index (χ0) is 20.7. The number of benzene rings is 1. The van der Waals surface area contributed by atoms with Gasteiger partial charge in [0.15, 0.2) is 0 Å². The molecule has 28 heavy (non-hydrogen) atoms. The molecular weight excluding hydrogens is 417 g/mol. The van der Waals surface area contributed by atoms with Crippen molar-refractivity contribution >= 4 is 35.0 Å². The van der Waals surface area contributed by atoms with Gasteiger partial charge in [-0.2, -0.15) is 13.2 Å². The van der Waals surface area contributed by atoms with Crippen LogP contribution in [0.4, 0.5) is 18.9 Å². The first-order chi connectivity index (χ1) is 13.2. The van der Waals surface area contributed by atoms with Crippen LogP contribution in [0.3, 0.4) is 0 Å². The molecule has 10 heteroatoms. The Bertz CT molecular complexity index is 858. The van der Waals surface area contributed by atoms with E-state index in [1.54, 1.807) is 38.3 Å². The number of aromatic nitrogens is 1. The van der Waals surface area contributed by atoms with Gasteiger partial charge in [-0.1, -0.05) is 23.4 Å². The molecule has 0 radical (unpaired) electrons. The van der Waals surface area contributed by atoms with Crippen molar-refractivity contribution in [2.75, 3.05) is 19.0 Å². The van der Waals surface area contributed by atoms with E-state index in [1.165, 1.54) is 6.20 Å². The summed E-state index contributed by atoms with van der Waals surface area (Å²) in [4.78, 5) is 16.0. The lowest BCUT2D eigenvalue weighted by atomic mass is 10.3. The standard InChI is InChI=1S/C18H16ClF3N2O3S/c1-3-27-17(25)15(10-23-12-4-6-13(26-2)7-5-12)28-16-14(19)8-11(9-24-16)18(20,21)22/h4-10,23H,3H2,1-2H3. The van der Waals surface area contributed by atoms with Crippen molar-refractivity contribution < 1.29 is 27.4 Å². The summed E-state index contributed by atoms with van der Waals surface area (Å²) in [6.07, 6.45) is -2.52. The fraction of sp³-hybridized carbons (Fsp3) is 0.222. The van der Waals surface area contributed by atoms with Crippen molar-refractivity contribution in [2.24, 2.45) is 0 Å². The number of pyridine rings is 1. The molecule has 0 aliphatic heterocycles. The first-order valence-electron chi connectivity index (χ1n) is 7.93. The third-order valence-corrected chi connectivity index (χ3v) is 4.70. The first-order valence-corrected chi connectivity index (χ1v) is 9.12. The molecule has 0 fully saturated rings. The zero-order valence-electron chi connectivity index (χ0n) is 14.8. The van der Waals surface area contributed by atoms with Crippen molar-refractivity contribution in [1.82, 2.24) is 4.98 Å². The van der Waals surface area contributed by atoms with Crippen molar-refractivity contribution in [1.29, 1.82) is 0 Å². The van der Waals surface area contributed by atoms with Gasteiger partial charge in [0.2, 0.25) is 0 Å². The molecule has 2 aromatic rings. The number of nitrogens with zero attached hydrogens (tertiary/aromatic N) is 1. The number of hydrogen-bond donors (Lipinski definition) is 1. The predicted molar refractivity (Wildman–Crippen MR) is 101 cm³/mol. The number of thioether (sulfide) groups is 1. The minimum Gasteiger partial charge on any atom is -0.497 e. The van der Waals surface area contributed by atoms with Crippen LogP contribution in [-0.2, 0) is 15.7 Å².